The van der Waals surface area contributed by atoms with Crippen molar-refractivity contribution in [2.45, 2.75) is 40.2 Å². The first kappa shape index (κ1) is 12.9. The maximum absolute atomic E-state index is 3.12. The summed E-state index contributed by atoms with van der Waals surface area (Å²) in [6.07, 6.45) is 5.46. The van der Waals surface area contributed by atoms with Gasteiger partial charge < -0.3 is 10.2 Å². The zero-order valence-corrected chi connectivity index (χ0v) is 11.4. The third-order valence-corrected chi connectivity index (χ3v) is 3.44. The van der Waals surface area contributed by atoms with E-state index in [2.05, 4.69) is 57.4 Å². The molecule has 2 heteroatoms. The van der Waals surface area contributed by atoms with Gasteiger partial charge in [0.2, 0.25) is 0 Å². The van der Waals surface area contributed by atoms with Gasteiger partial charge in [-0.25, -0.2) is 0 Å². The lowest BCUT2D eigenvalue weighted by molar-refractivity contribution is 0.381. The molecule has 0 spiro atoms. The Labute approximate surface area is 99.7 Å². The predicted molar refractivity (Wildman–Crippen MR) is 71.1 cm³/mol. The van der Waals surface area contributed by atoms with Gasteiger partial charge in [0.1, 0.15) is 0 Å². The SMILES string of the molecule is CCC1=CN(C)C(C)C(/C(C)=C\NC)=C1C. The summed E-state index contributed by atoms with van der Waals surface area (Å²) < 4.78 is 0. The van der Waals surface area contributed by atoms with Crippen molar-refractivity contribution in [2.75, 3.05) is 14.1 Å². The van der Waals surface area contributed by atoms with E-state index in [0.29, 0.717) is 6.04 Å². The highest BCUT2D eigenvalue weighted by Crippen LogP contribution is 2.31. The van der Waals surface area contributed by atoms with E-state index < -0.39 is 0 Å². The Hall–Kier alpha value is -1.18. The van der Waals surface area contributed by atoms with Crippen LogP contribution in [0.4, 0.5) is 0 Å². The van der Waals surface area contributed by atoms with Gasteiger partial charge in [0.25, 0.3) is 0 Å². The Morgan fingerprint density at radius 2 is 2.19 bits per heavy atom. The van der Waals surface area contributed by atoms with Gasteiger partial charge in [0, 0.05) is 20.3 Å². The van der Waals surface area contributed by atoms with Crippen LogP contribution in [0.25, 0.3) is 0 Å². The maximum atomic E-state index is 3.12. The van der Waals surface area contributed by atoms with Crippen molar-refractivity contribution in [3.8, 4) is 0 Å². The van der Waals surface area contributed by atoms with Crippen LogP contribution in [-0.4, -0.2) is 25.0 Å². The summed E-state index contributed by atoms with van der Waals surface area (Å²) in [5, 5.41) is 3.12. The summed E-state index contributed by atoms with van der Waals surface area (Å²) >= 11 is 0. The van der Waals surface area contributed by atoms with Crippen molar-refractivity contribution in [1.29, 1.82) is 0 Å². The van der Waals surface area contributed by atoms with Crippen LogP contribution >= 0.6 is 0 Å². The molecule has 0 radical (unpaired) electrons. The molecule has 0 amide bonds. The Bertz CT molecular complexity index is 348. The number of rotatable bonds is 3. The highest BCUT2D eigenvalue weighted by molar-refractivity contribution is 5.48. The average Bonchev–Trinajstić information content (AvgIpc) is 2.24. The van der Waals surface area contributed by atoms with Crippen LogP contribution in [0.2, 0.25) is 0 Å². The summed E-state index contributed by atoms with van der Waals surface area (Å²) in [5.41, 5.74) is 5.67. The number of nitrogens with one attached hydrogen (secondary N) is 1. The average molecular weight is 220 g/mol. The largest absolute Gasteiger partial charge is 0.394 e. The summed E-state index contributed by atoms with van der Waals surface area (Å²) in [5.74, 6) is 0. The van der Waals surface area contributed by atoms with Gasteiger partial charge in [0.15, 0.2) is 0 Å². The summed E-state index contributed by atoms with van der Waals surface area (Å²) in [6.45, 7) is 8.89. The fourth-order valence-electron chi connectivity index (χ4n) is 2.42. The second kappa shape index (κ2) is 5.24. The smallest absolute Gasteiger partial charge is 0.0511 e. The minimum Gasteiger partial charge on any atom is -0.394 e. The molecule has 16 heavy (non-hydrogen) atoms. The lowest BCUT2D eigenvalue weighted by Gasteiger charge is -2.34. The standard InChI is InChI=1S/C14H24N2/c1-7-13-9-16(6)12(4)14(11(13)3)10(2)8-15-5/h8-9,12,15H,7H2,1-6H3/b10-8-. The summed E-state index contributed by atoms with van der Waals surface area (Å²) in [6, 6.07) is 0.458. The lowest BCUT2D eigenvalue weighted by Crippen LogP contribution is -2.31. The van der Waals surface area contributed by atoms with Crippen LogP contribution in [0.3, 0.4) is 0 Å². The van der Waals surface area contributed by atoms with Gasteiger partial charge in [-0.05, 0) is 55.7 Å². The van der Waals surface area contributed by atoms with Gasteiger partial charge in [0.05, 0.1) is 6.04 Å². The highest BCUT2D eigenvalue weighted by atomic mass is 15.1. The molecular weight excluding hydrogens is 196 g/mol. The van der Waals surface area contributed by atoms with Crippen molar-refractivity contribution in [2.24, 2.45) is 0 Å². The number of likely N-dealkylation sites (N-methyl/N-ethyl adjacent to an activating group) is 1. The fraction of sp³-hybridized carbons (Fsp3) is 0.571. The van der Waals surface area contributed by atoms with Crippen molar-refractivity contribution in [3.05, 3.63) is 34.7 Å². The number of hydrogen-bond acceptors (Lipinski definition) is 2. The number of nitrogens with zero attached hydrogens (tertiary/aromatic N) is 1. The van der Waals surface area contributed by atoms with Gasteiger partial charge in [-0.15, -0.1) is 0 Å². The molecular formula is C14H24N2. The van der Waals surface area contributed by atoms with E-state index in [1.54, 1.807) is 0 Å². The van der Waals surface area contributed by atoms with E-state index in [1.165, 1.54) is 22.3 Å². The fourth-order valence-corrected chi connectivity index (χ4v) is 2.42. The van der Waals surface area contributed by atoms with Crippen molar-refractivity contribution in [3.63, 3.8) is 0 Å². The molecule has 1 aliphatic rings. The monoisotopic (exact) mass is 220 g/mol. The molecule has 1 unspecified atom stereocenters. The minimum atomic E-state index is 0.458. The van der Waals surface area contributed by atoms with E-state index >= 15 is 0 Å². The van der Waals surface area contributed by atoms with Crippen molar-refractivity contribution < 1.29 is 0 Å². The Morgan fingerprint density at radius 3 is 2.69 bits per heavy atom. The molecule has 0 aromatic rings. The molecule has 0 bridgehead atoms. The van der Waals surface area contributed by atoms with Crippen molar-refractivity contribution in [1.82, 2.24) is 10.2 Å². The molecule has 1 rings (SSSR count). The summed E-state index contributed by atoms with van der Waals surface area (Å²) in [7, 11) is 4.10. The van der Waals surface area contributed by atoms with Gasteiger partial charge in [-0.2, -0.15) is 0 Å². The van der Waals surface area contributed by atoms with Gasteiger partial charge in [-0.1, -0.05) is 6.92 Å². The van der Waals surface area contributed by atoms with Crippen LogP contribution in [0.15, 0.2) is 34.7 Å². The molecule has 2 nitrogen and oxygen atoms in total. The molecule has 0 saturated heterocycles. The molecule has 90 valence electrons. The Kier molecular flexibility index (Phi) is 4.22. The first-order valence-corrected chi connectivity index (χ1v) is 6.01. The molecule has 0 saturated carbocycles. The van der Waals surface area contributed by atoms with Crippen LogP contribution in [-0.2, 0) is 0 Å². The van der Waals surface area contributed by atoms with Crippen LogP contribution in [0.1, 0.15) is 34.1 Å². The number of allylic oxidation sites excluding steroid dienone is 2. The second-order valence-corrected chi connectivity index (χ2v) is 4.50. The third-order valence-electron chi connectivity index (χ3n) is 3.44. The molecule has 0 aromatic carbocycles. The molecule has 1 heterocycles. The number of hydrogen-bond donors (Lipinski definition) is 1. The van der Waals surface area contributed by atoms with E-state index in [9.17, 15) is 0 Å². The predicted octanol–water partition coefficient (Wildman–Crippen LogP) is 3.05. The second-order valence-electron chi connectivity index (χ2n) is 4.50. The van der Waals surface area contributed by atoms with Crippen LogP contribution < -0.4 is 5.32 Å². The first-order valence-electron chi connectivity index (χ1n) is 6.01. The Balaban J connectivity index is 3.20. The van der Waals surface area contributed by atoms with E-state index in [-0.39, 0.29) is 0 Å². The van der Waals surface area contributed by atoms with E-state index in [1.807, 2.05) is 7.05 Å². The molecule has 1 aliphatic heterocycles. The molecule has 0 aromatic heterocycles. The zero-order valence-electron chi connectivity index (χ0n) is 11.4. The van der Waals surface area contributed by atoms with Crippen LogP contribution in [0, 0.1) is 0 Å². The Morgan fingerprint density at radius 1 is 1.56 bits per heavy atom. The minimum absolute atomic E-state index is 0.458. The molecule has 0 fully saturated rings. The third kappa shape index (κ3) is 2.31. The topological polar surface area (TPSA) is 15.3 Å². The maximum Gasteiger partial charge on any atom is 0.0511 e. The lowest BCUT2D eigenvalue weighted by atomic mass is 9.88. The normalized spacial score (nSPS) is 22.4. The van der Waals surface area contributed by atoms with Gasteiger partial charge >= 0.3 is 0 Å². The van der Waals surface area contributed by atoms with Gasteiger partial charge in [-0.3, -0.25) is 0 Å². The quantitative estimate of drug-likeness (QED) is 0.786. The highest BCUT2D eigenvalue weighted by Gasteiger charge is 2.22. The van der Waals surface area contributed by atoms with Crippen molar-refractivity contribution >= 4 is 0 Å². The molecule has 1 N–H and O–H groups in total. The van der Waals surface area contributed by atoms with E-state index in [4.69, 9.17) is 0 Å². The zero-order chi connectivity index (χ0) is 12.3. The summed E-state index contributed by atoms with van der Waals surface area (Å²) in [4.78, 5) is 2.30. The first-order chi connectivity index (χ1) is 7.52. The van der Waals surface area contributed by atoms with Crippen LogP contribution in [0.5, 0.6) is 0 Å². The molecule has 0 aliphatic carbocycles. The molecule has 1 atom stereocenters. The van der Waals surface area contributed by atoms with E-state index in [0.717, 1.165) is 6.42 Å².